The van der Waals surface area contributed by atoms with Crippen molar-refractivity contribution >= 4 is 18.0 Å². The van der Waals surface area contributed by atoms with E-state index in [9.17, 15) is 4.79 Å². The summed E-state index contributed by atoms with van der Waals surface area (Å²) in [6.45, 7) is 0. The van der Waals surface area contributed by atoms with Gasteiger partial charge in [0, 0.05) is 12.1 Å². The van der Waals surface area contributed by atoms with E-state index in [2.05, 4.69) is 5.43 Å². The van der Waals surface area contributed by atoms with Gasteiger partial charge >= 0.3 is 0 Å². The van der Waals surface area contributed by atoms with Crippen LogP contribution in [0.4, 0.5) is 5.69 Å². The molecule has 0 saturated heterocycles. The molecule has 0 fully saturated rings. The molecule has 0 amide bonds. The fourth-order valence-corrected chi connectivity index (χ4v) is 0.992. The first-order valence-electron chi connectivity index (χ1n) is 4.03. The topological polar surface area (TPSA) is 55.1 Å². The number of rotatable bonds is 4. The van der Waals surface area contributed by atoms with Crippen molar-refractivity contribution in [3.63, 3.8) is 0 Å². The van der Waals surface area contributed by atoms with E-state index >= 15 is 0 Å². The van der Waals surface area contributed by atoms with Crippen molar-refractivity contribution in [3.8, 4) is 0 Å². The summed E-state index contributed by atoms with van der Waals surface area (Å²) in [6, 6.07) is 7.62. The Morgan fingerprint density at radius 1 is 1.46 bits per heavy atom. The number of hydrazine groups is 1. The summed E-state index contributed by atoms with van der Waals surface area (Å²) >= 11 is 0. The molecule has 1 aromatic carbocycles. The van der Waals surface area contributed by atoms with Gasteiger partial charge in [0.2, 0.25) is 0 Å². The van der Waals surface area contributed by atoms with E-state index in [0.29, 0.717) is 6.42 Å². The van der Waals surface area contributed by atoms with Crippen molar-refractivity contribution in [2.45, 2.75) is 6.42 Å². The Kier molecular flexibility index (Phi) is 3.73. The second-order valence-corrected chi connectivity index (χ2v) is 2.57. The Labute approximate surface area is 77.2 Å². The second kappa shape index (κ2) is 5.11. The number of hydrogen-bond acceptors (Lipinski definition) is 3. The van der Waals surface area contributed by atoms with Crippen molar-refractivity contribution in [3.05, 3.63) is 35.9 Å². The normalized spacial score (nSPS) is 10.2. The van der Waals surface area contributed by atoms with Crippen LogP contribution < -0.4 is 11.3 Å². The first-order chi connectivity index (χ1) is 6.36. The van der Waals surface area contributed by atoms with Crippen molar-refractivity contribution in [2.75, 3.05) is 5.43 Å². The Bertz CT molecular complexity index is 308. The molecule has 0 heterocycles. The second-order valence-electron chi connectivity index (χ2n) is 2.57. The van der Waals surface area contributed by atoms with Gasteiger partial charge in [-0.05, 0) is 17.7 Å². The summed E-state index contributed by atoms with van der Waals surface area (Å²) in [6.07, 6.45) is 5.00. The number of aldehydes is 1. The average Bonchev–Trinajstić information content (AvgIpc) is 2.19. The van der Waals surface area contributed by atoms with Gasteiger partial charge in [-0.1, -0.05) is 24.3 Å². The molecule has 0 saturated carbocycles. The summed E-state index contributed by atoms with van der Waals surface area (Å²) in [5.74, 6) is 5.24. The zero-order chi connectivity index (χ0) is 9.52. The highest BCUT2D eigenvalue weighted by Gasteiger charge is 1.88. The van der Waals surface area contributed by atoms with Crippen LogP contribution in [0.25, 0.3) is 6.08 Å². The van der Waals surface area contributed by atoms with Gasteiger partial charge in [0.15, 0.2) is 0 Å². The van der Waals surface area contributed by atoms with E-state index in [1.165, 1.54) is 0 Å². The van der Waals surface area contributed by atoms with Gasteiger partial charge < -0.3 is 10.2 Å². The highest BCUT2D eigenvalue weighted by atomic mass is 16.1. The fourth-order valence-electron chi connectivity index (χ4n) is 0.992. The molecular weight excluding hydrogens is 164 g/mol. The fraction of sp³-hybridized carbons (Fsp3) is 0.100. The standard InChI is InChI=1S/C10H12N2O/c11-12-10-6-3-5-9(8-10)4-1-2-7-13/h1,3-8,12H,2,11H2. The van der Waals surface area contributed by atoms with Crippen LogP contribution in [0, 0.1) is 0 Å². The van der Waals surface area contributed by atoms with Crippen LogP contribution in [0.2, 0.25) is 0 Å². The van der Waals surface area contributed by atoms with Crippen LogP contribution in [0.5, 0.6) is 0 Å². The van der Waals surface area contributed by atoms with E-state index in [1.54, 1.807) is 0 Å². The van der Waals surface area contributed by atoms with Crippen LogP contribution in [0.15, 0.2) is 30.3 Å². The molecule has 0 unspecified atom stereocenters. The van der Waals surface area contributed by atoms with Gasteiger partial charge in [-0.3, -0.25) is 5.84 Å². The van der Waals surface area contributed by atoms with Gasteiger partial charge in [0.25, 0.3) is 0 Å². The average molecular weight is 176 g/mol. The van der Waals surface area contributed by atoms with Crippen molar-refractivity contribution in [1.29, 1.82) is 0 Å². The summed E-state index contributed by atoms with van der Waals surface area (Å²) in [5, 5.41) is 0. The number of allylic oxidation sites excluding steroid dienone is 1. The Morgan fingerprint density at radius 3 is 3.00 bits per heavy atom. The van der Waals surface area contributed by atoms with Gasteiger partial charge in [-0.25, -0.2) is 0 Å². The molecule has 0 spiro atoms. The molecule has 3 N–H and O–H groups in total. The molecular formula is C10H12N2O. The summed E-state index contributed by atoms with van der Waals surface area (Å²) in [4.78, 5) is 10.0. The smallest absolute Gasteiger partial charge is 0.123 e. The van der Waals surface area contributed by atoms with Gasteiger partial charge in [-0.2, -0.15) is 0 Å². The number of nitrogen functional groups attached to an aromatic ring is 1. The lowest BCUT2D eigenvalue weighted by Crippen LogP contribution is -2.06. The van der Waals surface area contributed by atoms with Gasteiger partial charge in [-0.15, -0.1) is 0 Å². The molecule has 13 heavy (non-hydrogen) atoms. The molecule has 68 valence electrons. The minimum atomic E-state index is 0.445. The van der Waals surface area contributed by atoms with Crippen LogP contribution in [0.3, 0.4) is 0 Å². The summed E-state index contributed by atoms with van der Waals surface area (Å²) in [5.41, 5.74) is 4.43. The highest BCUT2D eigenvalue weighted by Crippen LogP contribution is 2.10. The lowest BCUT2D eigenvalue weighted by Gasteiger charge is -1.99. The van der Waals surface area contributed by atoms with E-state index in [4.69, 9.17) is 5.84 Å². The van der Waals surface area contributed by atoms with E-state index < -0.39 is 0 Å². The van der Waals surface area contributed by atoms with E-state index in [0.717, 1.165) is 17.5 Å². The molecule has 1 rings (SSSR count). The summed E-state index contributed by atoms with van der Waals surface area (Å²) < 4.78 is 0. The van der Waals surface area contributed by atoms with Crippen LogP contribution in [-0.4, -0.2) is 6.29 Å². The first-order valence-corrected chi connectivity index (χ1v) is 4.03. The Hall–Kier alpha value is -1.61. The number of benzene rings is 1. The lowest BCUT2D eigenvalue weighted by molar-refractivity contribution is -0.107. The Morgan fingerprint density at radius 2 is 2.31 bits per heavy atom. The van der Waals surface area contributed by atoms with Crippen LogP contribution in [0.1, 0.15) is 12.0 Å². The maximum atomic E-state index is 10.0. The third kappa shape index (κ3) is 3.09. The molecule has 0 aliphatic heterocycles. The van der Waals surface area contributed by atoms with Crippen molar-refractivity contribution in [1.82, 2.24) is 0 Å². The van der Waals surface area contributed by atoms with Crippen LogP contribution in [-0.2, 0) is 4.79 Å². The zero-order valence-corrected chi connectivity index (χ0v) is 7.23. The van der Waals surface area contributed by atoms with Crippen LogP contribution >= 0.6 is 0 Å². The first kappa shape index (κ1) is 9.48. The molecule has 0 aliphatic rings. The Balaban J connectivity index is 2.71. The third-order valence-electron chi connectivity index (χ3n) is 1.60. The molecule has 3 nitrogen and oxygen atoms in total. The number of nitrogens with two attached hydrogens (primary N) is 1. The number of carbonyl (C=O) groups excluding carboxylic acids is 1. The largest absolute Gasteiger partial charge is 0.324 e. The number of carbonyl (C=O) groups is 1. The third-order valence-corrected chi connectivity index (χ3v) is 1.60. The van der Waals surface area contributed by atoms with Gasteiger partial charge in [0.05, 0.1) is 0 Å². The van der Waals surface area contributed by atoms with E-state index in [-0.39, 0.29) is 0 Å². The molecule has 0 bridgehead atoms. The number of nitrogens with one attached hydrogen (secondary N) is 1. The summed E-state index contributed by atoms with van der Waals surface area (Å²) in [7, 11) is 0. The predicted molar refractivity (Wildman–Crippen MR) is 54.0 cm³/mol. The molecule has 0 aromatic heterocycles. The van der Waals surface area contributed by atoms with Crippen molar-refractivity contribution < 1.29 is 4.79 Å². The van der Waals surface area contributed by atoms with E-state index in [1.807, 2.05) is 36.4 Å². The zero-order valence-electron chi connectivity index (χ0n) is 7.23. The van der Waals surface area contributed by atoms with Gasteiger partial charge in [0.1, 0.15) is 6.29 Å². The minimum Gasteiger partial charge on any atom is -0.324 e. The number of hydrogen-bond donors (Lipinski definition) is 2. The maximum absolute atomic E-state index is 10.0. The SMILES string of the molecule is NNc1cccc(C=CCC=O)c1. The minimum absolute atomic E-state index is 0.445. The molecule has 0 atom stereocenters. The molecule has 0 radical (unpaired) electrons. The quantitative estimate of drug-likeness (QED) is 0.416. The molecule has 0 aliphatic carbocycles. The molecule has 1 aromatic rings. The lowest BCUT2D eigenvalue weighted by atomic mass is 10.2. The maximum Gasteiger partial charge on any atom is 0.123 e. The monoisotopic (exact) mass is 176 g/mol. The molecule has 3 heteroatoms. The number of anilines is 1. The van der Waals surface area contributed by atoms with Crippen molar-refractivity contribution in [2.24, 2.45) is 5.84 Å². The predicted octanol–water partition coefficient (Wildman–Crippen LogP) is 1.57. The highest BCUT2D eigenvalue weighted by molar-refractivity contribution is 5.60.